The SMILES string of the molecule is CC1c2ccsc2CCN1CCC(C)(C)C#N. The molecule has 0 bridgehead atoms. The van der Waals surface area contributed by atoms with Gasteiger partial charge in [-0.25, -0.2) is 0 Å². The second-order valence-electron chi connectivity index (χ2n) is 5.51. The maximum Gasteiger partial charge on any atom is 0.0684 e. The fraction of sp³-hybridized carbons (Fsp3) is 0.643. The highest BCUT2D eigenvalue weighted by molar-refractivity contribution is 7.10. The Bertz CT molecular complexity index is 428. The number of nitrogens with zero attached hydrogens (tertiary/aromatic N) is 2. The third-order valence-corrected chi connectivity index (χ3v) is 4.73. The quantitative estimate of drug-likeness (QED) is 0.817. The summed E-state index contributed by atoms with van der Waals surface area (Å²) in [6.45, 7) is 8.49. The van der Waals surface area contributed by atoms with Crippen molar-refractivity contribution < 1.29 is 0 Å². The predicted octanol–water partition coefficient (Wildman–Crippen LogP) is 3.61. The third kappa shape index (κ3) is 2.70. The number of hydrogen-bond acceptors (Lipinski definition) is 3. The molecule has 1 aliphatic rings. The molecule has 1 aromatic heterocycles. The van der Waals surface area contributed by atoms with E-state index in [-0.39, 0.29) is 5.41 Å². The first-order valence-electron chi connectivity index (χ1n) is 6.25. The third-order valence-electron chi connectivity index (χ3n) is 3.73. The van der Waals surface area contributed by atoms with Gasteiger partial charge >= 0.3 is 0 Å². The molecule has 0 amide bonds. The molecule has 2 rings (SSSR count). The highest BCUT2D eigenvalue weighted by Crippen LogP contribution is 2.33. The van der Waals surface area contributed by atoms with Crippen LogP contribution in [0.4, 0.5) is 0 Å². The van der Waals surface area contributed by atoms with E-state index in [2.05, 4.69) is 29.3 Å². The van der Waals surface area contributed by atoms with Crippen molar-refractivity contribution in [1.82, 2.24) is 4.90 Å². The van der Waals surface area contributed by atoms with E-state index in [1.807, 2.05) is 25.2 Å². The maximum absolute atomic E-state index is 9.05. The lowest BCUT2D eigenvalue weighted by Crippen LogP contribution is -2.35. The summed E-state index contributed by atoms with van der Waals surface area (Å²) in [5.41, 5.74) is 1.30. The topological polar surface area (TPSA) is 27.0 Å². The van der Waals surface area contributed by atoms with E-state index in [0.717, 1.165) is 19.5 Å². The van der Waals surface area contributed by atoms with Gasteiger partial charge in [0.05, 0.1) is 11.5 Å². The summed E-state index contributed by atoms with van der Waals surface area (Å²) in [4.78, 5) is 4.06. The standard InChI is InChI=1S/C14H20N2S/c1-11-12-5-9-17-13(12)4-7-16(11)8-6-14(2,3)10-15/h5,9,11H,4,6-8H2,1-3H3. The molecule has 0 saturated heterocycles. The summed E-state index contributed by atoms with van der Waals surface area (Å²) in [5.74, 6) is 0. The molecule has 92 valence electrons. The van der Waals surface area contributed by atoms with E-state index in [0.29, 0.717) is 6.04 Å². The summed E-state index contributed by atoms with van der Waals surface area (Å²) < 4.78 is 0. The van der Waals surface area contributed by atoms with E-state index in [1.54, 1.807) is 4.88 Å². The first kappa shape index (κ1) is 12.6. The molecular weight excluding hydrogens is 228 g/mol. The van der Waals surface area contributed by atoms with Crippen LogP contribution in [0, 0.1) is 16.7 Å². The van der Waals surface area contributed by atoms with Crippen LogP contribution in [0.25, 0.3) is 0 Å². The monoisotopic (exact) mass is 248 g/mol. The zero-order chi connectivity index (χ0) is 12.5. The molecule has 0 saturated carbocycles. The average molecular weight is 248 g/mol. The van der Waals surface area contributed by atoms with Crippen molar-refractivity contribution in [2.24, 2.45) is 5.41 Å². The van der Waals surface area contributed by atoms with E-state index in [9.17, 15) is 0 Å². The van der Waals surface area contributed by atoms with E-state index >= 15 is 0 Å². The molecule has 2 heterocycles. The van der Waals surface area contributed by atoms with Crippen LogP contribution in [0.1, 0.15) is 43.7 Å². The van der Waals surface area contributed by atoms with Crippen molar-refractivity contribution in [3.8, 4) is 6.07 Å². The number of nitriles is 1. The van der Waals surface area contributed by atoms with Crippen LogP contribution in [0.5, 0.6) is 0 Å². The lowest BCUT2D eigenvalue weighted by Gasteiger charge is -2.34. The van der Waals surface area contributed by atoms with Crippen LogP contribution in [-0.2, 0) is 6.42 Å². The van der Waals surface area contributed by atoms with Gasteiger partial charge in [-0.1, -0.05) is 0 Å². The zero-order valence-corrected chi connectivity index (χ0v) is 11.7. The van der Waals surface area contributed by atoms with Crippen molar-refractivity contribution in [2.75, 3.05) is 13.1 Å². The number of rotatable bonds is 3. The molecule has 0 radical (unpaired) electrons. The van der Waals surface area contributed by atoms with E-state index in [1.165, 1.54) is 12.0 Å². The van der Waals surface area contributed by atoms with E-state index in [4.69, 9.17) is 5.26 Å². The summed E-state index contributed by atoms with van der Waals surface area (Å²) in [6.07, 6.45) is 2.12. The van der Waals surface area contributed by atoms with Crippen LogP contribution in [-0.4, -0.2) is 18.0 Å². The first-order chi connectivity index (χ1) is 8.03. The molecule has 1 aromatic rings. The fourth-order valence-electron chi connectivity index (χ4n) is 2.35. The van der Waals surface area contributed by atoms with Gasteiger partial charge in [0.1, 0.15) is 0 Å². The molecule has 1 aliphatic heterocycles. The van der Waals surface area contributed by atoms with Gasteiger partial charge in [-0.2, -0.15) is 5.26 Å². The largest absolute Gasteiger partial charge is 0.296 e. The maximum atomic E-state index is 9.05. The summed E-state index contributed by atoms with van der Waals surface area (Å²) in [6, 6.07) is 5.15. The number of hydrogen-bond donors (Lipinski definition) is 0. The van der Waals surface area contributed by atoms with Crippen molar-refractivity contribution in [2.45, 2.75) is 39.7 Å². The number of fused-ring (bicyclic) bond motifs is 1. The summed E-state index contributed by atoms with van der Waals surface area (Å²) in [7, 11) is 0. The Kier molecular flexibility index (Phi) is 3.56. The minimum absolute atomic E-state index is 0.200. The Balaban J connectivity index is 1.99. The van der Waals surface area contributed by atoms with Crippen LogP contribution in [0.2, 0.25) is 0 Å². The summed E-state index contributed by atoms with van der Waals surface area (Å²) >= 11 is 1.88. The minimum Gasteiger partial charge on any atom is -0.296 e. The predicted molar refractivity (Wildman–Crippen MR) is 72.0 cm³/mol. The highest BCUT2D eigenvalue weighted by Gasteiger charge is 2.26. The van der Waals surface area contributed by atoms with Gasteiger partial charge in [-0.15, -0.1) is 11.3 Å². The van der Waals surface area contributed by atoms with Crippen LogP contribution in [0.15, 0.2) is 11.4 Å². The zero-order valence-electron chi connectivity index (χ0n) is 10.9. The highest BCUT2D eigenvalue weighted by atomic mass is 32.1. The van der Waals surface area contributed by atoms with Gasteiger partial charge in [-0.05, 0) is 50.6 Å². The molecule has 3 heteroatoms. The Labute approximate surface area is 108 Å². The van der Waals surface area contributed by atoms with Gasteiger partial charge < -0.3 is 0 Å². The fourth-order valence-corrected chi connectivity index (χ4v) is 3.31. The summed E-state index contributed by atoms with van der Waals surface area (Å²) in [5, 5.41) is 11.2. The van der Waals surface area contributed by atoms with Crippen molar-refractivity contribution in [3.05, 3.63) is 21.9 Å². The van der Waals surface area contributed by atoms with Gasteiger partial charge in [0.15, 0.2) is 0 Å². The molecule has 1 atom stereocenters. The smallest absolute Gasteiger partial charge is 0.0684 e. The van der Waals surface area contributed by atoms with Crippen molar-refractivity contribution in [1.29, 1.82) is 5.26 Å². The molecule has 0 aromatic carbocycles. The van der Waals surface area contributed by atoms with Crippen LogP contribution < -0.4 is 0 Å². The molecular formula is C14H20N2S. The molecule has 0 N–H and O–H groups in total. The normalized spacial score (nSPS) is 20.9. The number of thiophene rings is 1. The van der Waals surface area contributed by atoms with Crippen molar-refractivity contribution in [3.63, 3.8) is 0 Å². The molecule has 2 nitrogen and oxygen atoms in total. The lowest BCUT2D eigenvalue weighted by molar-refractivity contribution is 0.180. The Morgan fingerprint density at radius 3 is 3.06 bits per heavy atom. The van der Waals surface area contributed by atoms with Crippen molar-refractivity contribution >= 4 is 11.3 Å². The van der Waals surface area contributed by atoms with Gasteiger partial charge in [0.2, 0.25) is 0 Å². The van der Waals surface area contributed by atoms with Crippen LogP contribution >= 0.6 is 11.3 Å². The molecule has 0 spiro atoms. The molecule has 0 fully saturated rings. The Morgan fingerprint density at radius 1 is 1.59 bits per heavy atom. The van der Waals surface area contributed by atoms with Gasteiger partial charge in [0.25, 0.3) is 0 Å². The first-order valence-corrected chi connectivity index (χ1v) is 7.13. The van der Waals surface area contributed by atoms with Gasteiger partial charge in [-0.3, -0.25) is 4.90 Å². The molecule has 0 aliphatic carbocycles. The Morgan fingerprint density at radius 2 is 2.35 bits per heavy atom. The van der Waals surface area contributed by atoms with Gasteiger partial charge in [0, 0.05) is 24.0 Å². The van der Waals surface area contributed by atoms with Crippen LogP contribution in [0.3, 0.4) is 0 Å². The van der Waals surface area contributed by atoms with E-state index < -0.39 is 0 Å². The molecule has 1 unspecified atom stereocenters. The second kappa shape index (κ2) is 4.80. The average Bonchev–Trinajstić information content (AvgIpc) is 2.77. The molecule has 17 heavy (non-hydrogen) atoms. The minimum atomic E-state index is -0.200. The lowest BCUT2D eigenvalue weighted by atomic mass is 9.90. The second-order valence-corrected chi connectivity index (χ2v) is 6.51. The Hall–Kier alpha value is -0.850.